The van der Waals surface area contributed by atoms with Gasteiger partial charge in [-0.15, -0.1) is 11.3 Å². The van der Waals surface area contributed by atoms with Gasteiger partial charge in [0.2, 0.25) is 0 Å². The standard InChI is InChI=1S/C23H24ClN3O2S/c1-16-21(30-22(25-16)17-9-11-18(24)12-10-17)15-29-23(28)26-19-6-5-13-27(14-19)20-7-3-2-4-8-20/h2-4,7-12,19H,5-6,13-15H2,1H3,(H,26,28). The maximum atomic E-state index is 12.4. The van der Waals surface area contributed by atoms with E-state index in [1.807, 2.05) is 49.4 Å². The molecule has 3 aromatic rings. The number of thiazole rings is 1. The number of nitrogens with one attached hydrogen (secondary N) is 1. The first kappa shape index (κ1) is 20.7. The first-order valence-corrected chi connectivity index (χ1v) is 11.2. The Morgan fingerprint density at radius 3 is 2.77 bits per heavy atom. The summed E-state index contributed by atoms with van der Waals surface area (Å²) in [6.07, 6.45) is 1.62. The summed E-state index contributed by atoms with van der Waals surface area (Å²) in [5, 5.41) is 4.61. The molecule has 0 saturated carbocycles. The number of amides is 1. The molecule has 4 rings (SSSR count). The molecule has 1 aromatic heterocycles. The second kappa shape index (κ2) is 9.49. The van der Waals surface area contributed by atoms with Crippen LogP contribution in [0.1, 0.15) is 23.4 Å². The van der Waals surface area contributed by atoms with E-state index in [0.717, 1.165) is 47.1 Å². The minimum Gasteiger partial charge on any atom is -0.444 e. The normalized spacial score (nSPS) is 16.3. The summed E-state index contributed by atoms with van der Waals surface area (Å²) in [4.78, 5) is 20.2. The Bertz CT molecular complexity index is 991. The second-order valence-corrected chi connectivity index (χ2v) is 8.90. The molecular formula is C23H24ClN3O2S. The lowest BCUT2D eigenvalue weighted by molar-refractivity contribution is 0.135. The number of aromatic nitrogens is 1. The van der Waals surface area contributed by atoms with Gasteiger partial charge in [-0.05, 0) is 44.0 Å². The van der Waals surface area contributed by atoms with E-state index in [4.69, 9.17) is 16.3 Å². The van der Waals surface area contributed by atoms with Crippen molar-refractivity contribution in [2.24, 2.45) is 0 Å². The monoisotopic (exact) mass is 441 g/mol. The number of para-hydroxylation sites is 1. The van der Waals surface area contributed by atoms with Gasteiger partial charge in [0.05, 0.1) is 10.6 Å². The Morgan fingerprint density at radius 1 is 1.23 bits per heavy atom. The van der Waals surface area contributed by atoms with Gasteiger partial charge >= 0.3 is 6.09 Å². The zero-order valence-electron chi connectivity index (χ0n) is 16.8. The molecule has 0 bridgehead atoms. The number of anilines is 1. The summed E-state index contributed by atoms with van der Waals surface area (Å²) < 4.78 is 5.50. The van der Waals surface area contributed by atoms with Crippen molar-refractivity contribution >= 4 is 34.7 Å². The number of hydrogen-bond acceptors (Lipinski definition) is 5. The van der Waals surface area contributed by atoms with Crippen LogP contribution in [0.5, 0.6) is 0 Å². The lowest BCUT2D eigenvalue weighted by Gasteiger charge is -2.34. The second-order valence-electron chi connectivity index (χ2n) is 7.38. The van der Waals surface area contributed by atoms with E-state index >= 15 is 0 Å². The van der Waals surface area contributed by atoms with Gasteiger partial charge in [-0.3, -0.25) is 0 Å². The number of rotatable bonds is 5. The number of alkyl carbamates (subject to hydrolysis) is 1. The molecule has 1 amide bonds. The number of nitrogens with zero attached hydrogens (tertiary/aromatic N) is 2. The van der Waals surface area contributed by atoms with Crippen LogP contribution >= 0.6 is 22.9 Å². The van der Waals surface area contributed by atoms with Gasteiger partial charge in [-0.25, -0.2) is 9.78 Å². The van der Waals surface area contributed by atoms with Gasteiger partial charge in [0.15, 0.2) is 0 Å². The highest BCUT2D eigenvalue weighted by Gasteiger charge is 2.22. The van der Waals surface area contributed by atoms with Crippen molar-refractivity contribution in [3.8, 4) is 10.6 Å². The smallest absolute Gasteiger partial charge is 0.407 e. The first-order valence-electron chi connectivity index (χ1n) is 10.0. The van der Waals surface area contributed by atoms with Crippen LogP contribution < -0.4 is 10.2 Å². The molecule has 1 fully saturated rings. The quantitative estimate of drug-likeness (QED) is 0.554. The Labute approximate surface area is 185 Å². The third-order valence-electron chi connectivity index (χ3n) is 5.18. The molecule has 1 N–H and O–H groups in total. The van der Waals surface area contributed by atoms with E-state index in [-0.39, 0.29) is 18.7 Å². The Balaban J connectivity index is 1.31. The Kier molecular flexibility index (Phi) is 6.55. The van der Waals surface area contributed by atoms with Crippen molar-refractivity contribution in [1.29, 1.82) is 0 Å². The van der Waals surface area contributed by atoms with Crippen LogP contribution in [0.4, 0.5) is 10.5 Å². The highest BCUT2D eigenvalue weighted by atomic mass is 35.5. The summed E-state index contributed by atoms with van der Waals surface area (Å²) in [5.41, 5.74) is 3.07. The van der Waals surface area contributed by atoms with E-state index in [1.165, 1.54) is 17.0 Å². The number of benzene rings is 2. The van der Waals surface area contributed by atoms with Crippen molar-refractivity contribution in [1.82, 2.24) is 10.3 Å². The molecule has 1 aliphatic heterocycles. The van der Waals surface area contributed by atoms with Crippen LogP contribution in [0.3, 0.4) is 0 Å². The molecule has 0 spiro atoms. The fourth-order valence-electron chi connectivity index (χ4n) is 3.59. The molecule has 2 heterocycles. The van der Waals surface area contributed by atoms with E-state index in [0.29, 0.717) is 5.02 Å². The summed E-state index contributed by atoms with van der Waals surface area (Å²) in [7, 11) is 0. The summed E-state index contributed by atoms with van der Waals surface area (Å²) in [6.45, 7) is 3.95. The lowest BCUT2D eigenvalue weighted by atomic mass is 10.1. The van der Waals surface area contributed by atoms with Gasteiger partial charge in [-0.2, -0.15) is 0 Å². The predicted molar refractivity (Wildman–Crippen MR) is 122 cm³/mol. The van der Waals surface area contributed by atoms with Crippen molar-refractivity contribution in [2.45, 2.75) is 32.4 Å². The zero-order chi connectivity index (χ0) is 20.9. The number of ether oxygens (including phenoxy) is 1. The molecule has 1 saturated heterocycles. The van der Waals surface area contributed by atoms with Crippen molar-refractivity contribution < 1.29 is 9.53 Å². The average molecular weight is 442 g/mol. The maximum Gasteiger partial charge on any atom is 0.407 e. The van der Waals surface area contributed by atoms with Crippen LogP contribution in [0.2, 0.25) is 5.02 Å². The summed E-state index contributed by atoms with van der Waals surface area (Å²) >= 11 is 7.50. The van der Waals surface area contributed by atoms with E-state index in [9.17, 15) is 4.79 Å². The van der Waals surface area contributed by atoms with Crippen LogP contribution in [-0.2, 0) is 11.3 Å². The van der Waals surface area contributed by atoms with Gasteiger partial charge in [0, 0.05) is 35.4 Å². The van der Waals surface area contributed by atoms with Gasteiger partial charge in [0.1, 0.15) is 11.6 Å². The molecular weight excluding hydrogens is 418 g/mol. The SMILES string of the molecule is Cc1nc(-c2ccc(Cl)cc2)sc1COC(=O)NC1CCCN(c2ccccc2)C1. The van der Waals surface area contributed by atoms with Gasteiger partial charge in [-0.1, -0.05) is 41.9 Å². The molecule has 1 atom stereocenters. The van der Waals surface area contributed by atoms with Crippen molar-refractivity contribution in [2.75, 3.05) is 18.0 Å². The van der Waals surface area contributed by atoms with Gasteiger partial charge < -0.3 is 15.0 Å². The fourth-order valence-corrected chi connectivity index (χ4v) is 4.69. The maximum absolute atomic E-state index is 12.4. The van der Waals surface area contributed by atoms with Crippen LogP contribution in [0, 0.1) is 6.92 Å². The number of aryl methyl sites for hydroxylation is 1. The molecule has 2 aromatic carbocycles. The zero-order valence-corrected chi connectivity index (χ0v) is 18.4. The highest BCUT2D eigenvalue weighted by molar-refractivity contribution is 7.15. The van der Waals surface area contributed by atoms with E-state index in [2.05, 4.69) is 27.3 Å². The van der Waals surface area contributed by atoms with E-state index in [1.54, 1.807) is 0 Å². The number of halogens is 1. The molecule has 7 heteroatoms. The Morgan fingerprint density at radius 2 is 2.00 bits per heavy atom. The minimum atomic E-state index is -0.379. The molecule has 30 heavy (non-hydrogen) atoms. The first-order chi connectivity index (χ1) is 14.6. The number of carbonyl (C=O) groups is 1. The average Bonchev–Trinajstić information content (AvgIpc) is 3.14. The third-order valence-corrected chi connectivity index (χ3v) is 6.61. The summed E-state index contributed by atoms with van der Waals surface area (Å²) in [5.74, 6) is 0. The largest absolute Gasteiger partial charge is 0.444 e. The minimum absolute atomic E-state index is 0.0821. The third kappa shape index (κ3) is 5.12. The van der Waals surface area contributed by atoms with Gasteiger partial charge in [0.25, 0.3) is 0 Å². The summed E-state index contributed by atoms with van der Waals surface area (Å²) in [6, 6.07) is 18.0. The van der Waals surface area contributed by atoms with Crippen LogP contribution in [0.15, 0.2) is 54.6 Å². The van der Waals surface area contributed by atoms with E-state index < -0.39 is 0 Å². The molecule has 156 valence electrons. The molecule has 5 nitrogen and oxygen atoms in total. The lowest BCUT2D eigenvalue weighted by Crippen LogP contribution is -2.47. The fraction of sp³-hybridized carbons (Fsp3) is 0.304. The molecule has 0 radical (unpaired) electrons. The molecule has 1 unspecified atom stereocenters. The number of piperidine rings is 1. The van der Waals surface area contributed by atoms with Crippen LogP contribution in [0.25, 0.3) is 10.6 Å². The topological polar surface area (TPSA) is 54.5 Å². The highest BCUT2D eigenvalue weighted by Crippen LogP contribution is 2.29. The number of carbonyl (C=O) groups excluding carboxylic acids is 1. The Hall–Kier alpha value is -2.57. The predicted octanol–water partition coefficient (Wildman–Crippen LogP) is 5.67. The number of hydrogen-bond donors (Lipinski definition) is 1. The van der Waals surface area contributed by atoms with Crippen LogP contribution in [-0.4, -0.2) is 30.2 Å². The van der Waals surface area contributed by atoms with Crippen molar-refractivity contribution in [3.63, 3.8) is 0 Å². The van der Waals surface area contributed by atoms with Crippen molar-refractivity contribution in [3.05, 3.63) is 70.2 Å². The molecule has 1 aliphatic rings. The molecule has 0 aliphatic carbocycles.